The molecular weight excluding hydrogens is 220 g/mol. The molecule has 16 heavy (non-hydrogen) atoms. The summed E-state index contributed by atoms with van der Waals surface area (Å²) in [5.74, 6) is 0.734. The lowest BCUT2D eigenvalue weighted by atomic mass is 9.96. The minimum Gasteiger partial charge on any atom is -0.393 e. The summed E-state index contributed by atoms with van der Waals surface area (Å²) in [7, 11) is 0. The first-order valence-corrected chi connectivity index (χ1v) is 6.55. The zero-order chi connectivity index (χ0) is 11.4. The third-order valence-electron chi connectivity index (χ3n) is 3.49. The minimum atomic E-state index is -0.233. The van der Waals surface area contributed by atoms with Crippen LogP contribution in [-0.2, 0) is 6.42 Å². The van der Waals surface area contributed by atoms with E-state index in [0.717, 1.165) is 22.9 Å². The van der Waals surface area contributed by atoms with Gasteiger partial charge in [-0.05, 0) is 30.4 Å². The summed E-state index contributed by atoms with van der Waals surface area (Å²) in [6, 6.07) is 7.79. The van der Waals surface area contributed by atoms with Crippen molar-refractivity contribution in [1.29, 1.82) is 0 Å². The summed E-state index contributed by atoms with van der Waals surface area (Å²) in [5.41, 5.74) is 1.06. The molecule has 0 aromatic heterocycles. The summed E-state index contributed by atoms with van der Waals surface area (Å²) in [4.78, 5) is 0. The number of aliphatic hydroxyl groups is 1. The van der Waals surface area contributed by atoms with Gasteiger partial charge in [-0.2, -0.15) is 0 Å². The Morgan fingerprint density at radius 3 is 2.62 bits per heavy atom. The zero-order valence-corrected chi connectivity index (χ0v) is 10.3. The standard InChI is InChI=1S/C14H19ClO/c15-14-8-4-3-7-12(14)10-13(16)9-11-5-1-2-6-11/h3-4,7-8,11,13,16H,1-2,5-6,9-10H2. The number of hydrogen-bond donors (Lipinski definition) is 1. The van der Waals surface area contributed by atoms with Gasteiger partial charge in [0.2, 0.25) is 0 Å². The highest BCUT2D eigenvalue weighted by Gasteiger charge is 2.19. The Kier molecular flexibility index (Phi) is 4.25. The molecule has 1 aromatic carbocycles. The van der Waals surface area contributed by atoms with Gasteiger partial charge in [0.15, 0.2) is 0 Å². The van der Waals surface area contributed by atoms with Gasteiger partial charge in [-0.25, -0.2) is 0 Å². The van der Waals surface area contributed by atoms with Crippen molar-refractivity contribution >= 4 is 11.6 Å². The lowest BCUT2D eigenvalue weighted by Gasteiger charge is -2.15. The van der Waals surface area contributed by atoms with Crippen LogP contribution in [0, 0.1) is 5.92 Å². The molecule has 1 fully saturated rings. The summed E-state index contributed by atoms with van der Waals surface area (Å²) >= 11 is 6.07. The van der Waals surface area contributed by atoms with E-state index >= 15 is 0 Å². The van der Waals surface area contributed by atoms with E-state index in [2.05, 4.69) is 0 Å². The molecule has 1 nitrogen and oxygen atoms in total. The molecule has 88 valence electrons. The second-order valence-electron chi connectivity index (χ2n) is 4.84. The van der Waals surface area contributed by atoms with E-state index < -0.39 is 0 Å². The van der Waals surface area contributed by atoms with Crippen molar-refractivity contribution in [1.82, 2.24) is 0 Å². The quantitative estimate of drug-likeness (QED) is 0.846. The van der Waals surface area contributed by atoms with E-state index in [9.17, 15) is 5.11 Å². The summed E-state index contributed by atoms with van der Waals surface area (Å²) in [5, 5.41) is 10.8. The third kappa shape index (κ3) is 3.23. The Hall–Kier alpha value is -0.530. The molecular formula is C14H19ClO. The van der Waals surface area contributed by atoms with Gasteiger partial charge in [-0.1, -0.05) is 55.5 Å². The molecule has 1 aromatic rings. The summed E-state index contributed by atoms with van der Waals surface area (Å²) in [6.45, 7) is 0. The van der Waals surface area contributed by atoms with Gasteiger partial charge in [0.25, 0.3) is 0 Å². The van der Waals surface area contributed by atoms with Crippen molar-refractivity contribution in [2.45, 2.75) is 44.6 Å². The van der Waals surface area contributed by atoms with Crippen LogP contribution < -0.4 is 0 Å². The largest absolute Gasteiger partial charge is 0.393 e. The van der Waals surface area contributed by atoms with Gasteiger partial charge in [0.1, 0.15) is 0 Å². The van der Waals surface area contributed by atoms with E-state index in [-0.39, 0.29) is 6.10 Å². The molecule has 0 aliphatic heterocycles. The molecule has 1 unspecified atom stereocenters. The second-order valence-corrected chi connectivity index (χ2v) is 5.24. The first kappa shape index (κ1) is 11.9. The van der Waals surface area contributed by atoms with Gasteiger partial charge in [-0.3, -0.25) is 0 Å². The van der Waals surface area contributed by atoms with E-state index in [1.165, 1.54) is 25.7 Å². The van der Waals surface area contributed by atoms with Crippen molar-refractivity contribution in [3.8, 4) is 0 Å². The van der Waals surface area contributed by atoms with E-state index in [0.29, 0.717) is 6.42 Å². The van der Waals surface area contributed by atoms with Gasteiger partial charge < -0.3 is 5.11 Å². The molecule has 0 amide bonds. The predicted molar refractivity (Wildman–Crippen MR) is 67.7 cm³/mol. The van der Waals surface area contributed by atoms with Crippen LogP contribution in [0.3, 0.4) is 0 Å². The van der Waals surface area contributed by atoms with Crippen LogP contribution in [-0.4, -0.2) is 11.2 Å². The monoisotopic (exact) mass is 238 g/mol. The van der Waals surface area contributed by atoms with Gasteiger partial charge in [-0.15, -0.1) is 0 Å². The van der Waals surface area contributed by atoms with Crippen LogP contribution in [0.2, 0.25) is 5.02 Å². The second kappa shape index (κ2) is 5.70. The Labute approximate surface area is 102 Å². The van der Waals surface area contributed by atoms with Crippen LogP contribution in [0.15, 0.2) is 24.3 Å². The molecule has 0 saturated heterocycles. The maximum Gasteiger partial charge on any atom is 0.0583 e. The Balaban J connectivity index is 1.86. The first-order valence-electron chi connectivity index (χ1n) is 6.17. The van der Waals surface area contributed by atoms with Crippen molar-refractivity contribution in [3.05, 3.63) is 34.9 Å². The summed E-state index contributed by atoms with van der Waals surface area (Å²) in [6.07, 6.45) is 6.65. The number of hydrogen-bond acceptors (Lipinski definition) is 1. The number of rotatable bonds is 4. The molecule has 2 rings (SSSR count). The Morgan fingerprint density at radius 2 is 1.94 bits per heavy atom. The van der Waals surface area contributed by atoms with E-state index in [1.54, 1.807) is 0 Å². The molecule has 0 spiro atoms. The number of benzene rings is 1. The highest BCUT2D eigenvalue weighted by molar-refractivity contribution is 6.31. The first-order chi connectivity index (χ1) is 7.75. The lowest BCUT2D eigenvalue weighted by molar-refractivity contribution is 0.143. The van der Waals surface area contributed by atoms with Crippen LogP contribution in [0.1, 0.15) is 37.7 Å². The number of aliphatic hydroxyl groups excluding tert-OH is 1. The van der Waals surface area contributed by atoms with Crippen molar-refractivity contribution < 1.29 is 5.11 Å². The van der Waals surface area contributed by atoms with Gasteiger partial charge >= 0.3 is 0 Å². The fourth-order valence-electron chi connectivity index (χ4n) is 2.63. The SMILES string of the molecule is OC(Cc1ccccc1Cl)CC1CCCC1. The van der Waals surface area contributed by atoms with E-state index in [4.69, 9.17) is 11.6 Å². The van der Waals surface area contributed by atoms with Crippen LogP contribution >= 0.6 is 11.6 Å². The Morgan fingerprint density at radius 1 is 1.25 bits per heavy atom. The van der Waals surface area contributed by atoms with Crippen LogP contribution in [0.4, 0.5) is 0 Å². The molecule has 0 radical (unpaired) electrons. The van der Waals surface area contributed by atoms with E-state index in [1.807, 2.05) is 24.3 Å². The topological polar surface area (TPSA) is 20.2 Å². The van der Waals surface area contributed by atoms with Gasteiger partial charge in [0.05, 0.1) is 6.10 Å². The fraction of sp³-hybridized carbons (Fsp3) is 0.571. The average molecular weight is 239 g/mol. The molecule has 1 atom stereocenters. The minimum absolute atomic E-state index is 0.233. The zero-order valence-electron chi connectivity index (χ0n) is 9.53. The average Bonchev–Trinajstić information content (AvgIpc) is 2.74. The molecule has 1 aliphatic carbocycles. The van der Waals surface area contributed by atoms with Crippen molar-refractivity contribution in [2.24, 2.45) is 5.92 Å². The summed E-state index contributed by atoms with van der Waals surface area (Å²) < 4.78 is 0. The van der Waals surface area contributed by atoms with Gasteiger partial charge in [0, 0.05) is 5.02 Å². The molecule has 1 saturated carbocycles. The van der Waals surface area contributed by atoms with Crippen molar-refractivity contribution in [3.63, 3.8) is 0 Å². The normalized spacial score (nSPS) is 18.9. The third-order valence-corrected chi connectivity index (χ3v) is 3.86. The lowest BCUT2D eigenvalue weighted by Crippen LogP contribution is -2.14. The number of halogens is 1. The van der Waals surface area contributed by atoms with Crippen LogP contribution in [0.5, 0.6) is 0 Å². The van der Waals surface area contributed by atoms with Crippen LogP contribution in [0.25, 0.3) is 0 Å². The molecule has 0 heterocycles. The smallest absolute Gasteiger partial charge is 0.0583 e. The maximum absolute atomic E-state index is 10.0. The fourth-order valence-corrected chi connectivity index (χ4v) is 2.84. The molecule has 1 N–H and O–H groups in total. The highest BCUT2D eigenvalue weighted by atomic mass is 35.5. The molecule has 1 aliphatic rings. The van der Waals surface area contributed by atoms with Crippen molar-refractivity contribution in [2.75, 3.05) is 0 Å². The highest BCUT2D eigenvalue weighted by Crippen LogP contribution is 2.29. The molecule has 0 bridgehead atoms. The molecule has 2 heteroatoms. The Bertz CT molecular complexity index is 331. The predicted octanol–water partition coefficient (Wildman–Crippen LogP) is 3.82. The maximum atomic E-state index is 10.0.